The van der Waals surface area contributed by atoms with Gasteiger partial charge in [-0.25, -0.2) is 0 Å². The minimum atomic E-state index is 0.0682. The number of methoxy groups -OCH3 is 1. The Bertz CT molecular complexity index is 973. The molecule has 1 aliphatic rings. The Labute approximate surface area is 176 Å². The zero-order valence-electron chi connectivity index (χ0n) is 17.1. The molecule has 0 bridgehead atoms. The van der Waals surface area contributed by atoms with Crippen LogP contribution in [0.1, 0.15) is 24.2 Å². The van der Waals surface area contributed by atoms with Crippen LogP contribution in [0.15, 0.2) is 59.1 Å². The van der Waals surface area contributed by atoms with Gasteiger partial charge in [0, 0.05) is 31.1 Å². The van der Waals surface area contributed by atoms with Crippen LogP contribution in [0.4, 0.5) is 0 Å². The molecule has 4 rings (SSSR count). The quantitative estimate of drug-likeness (QED) is 0.619. The van der Waals surface area contributed by atoms with Crippen LogP contribution < -0.4 is 10.1 Å². The third-order valence-electron chi connectivity index (χ3n) is 5.31. The standard InChI is InChI=1S/C23H26N4O3/c1-29-20-10-6-5-7-17(20)11-12-22(28)24-19-13-14-27(15-19)16-21-25-23(30-26-21)18-8-3-2-4-9-18/h2-10,19H,11-16H2,1H3,(H,24,28)/t19-/m1/s1. The summed E-state index contributed by atoms with van der Waals surface area (Å²) in [6, 6.07) is 17.7. The average molecular weight is 406 g/mol. The van der Waals surface area contributed by atoms with Crippen molar-refractivity contribution in [2.24, 2.45) is 0 Å². The monoisotopic (exact) mass is 406 g/mol. The first kappa shape index (κ1) is 20.1. The number of amides is 1. The molecule has 1 saturated heterocycles. The molecule has 1 amide bonds. The molecule has 7 heteroatoms. The number of hydrogen-bond acceptors (Lipinski definition) is 6. The number of hydrogen-bond donors (Lipinski definition) is 1. The fourth-order valence-electron chi connectivity index (χ4n) is 3.77. The molecular formula is C23H26N4O3. The van der Waals surface area contributed by atoms with Crippen LogP contribution in [-0.4, -0.2) is 47.2 Å². The van der Waals surface area contributed by atoms with Crippen molar-refractivity contribution in [2.45, 2.75) is 31.8 Å². The zero-order chi connectivity index (χ0) is 20.8. The molecule has 1 atom stereocenters. The van der Waals surface area contributed by atoms with Crippen molar-refractivity contribution >= 4 is 5.91 Å². The summed E-state index contributed by atoms with van der Waals surface area (Å²) in [6.45, 7) is 2.30. The Morgan fingerprint density at radius 1 is 1.20 bits per heavy atom. The maximum atomic E-state index is 12.4. The maximum Gasteiger partial charge on any atom is 0.257 e. The predicted octanol–water partition coefficient (Wildman–Crippen LogP) is 3.07. The van der Waals surface area contributed by atoms with Gasteiger partial charge in [-0.1, -0.05) is 41.6 Å². The van der Waals surface area contributed by atoms with Crippen molar-refractivity contribution in [3.63, 3.8) is 0 Å². The Balaban J connectivity index is 1.24. The van der Waals surface area contributed by atoms with Gasteiger partial charge in [-0.05, 0) is 36.6 Å². The molecule has 30 heavy (non-hydrogen) atoms. The highest BCUT2D eigenvalue weighted by molar-refractivity contribution is 5.76. The van der Waals surface area contributed by atoms with E-state index >= 15 is 0 Å². The SMILES string of the molecule is COc1ccccc1CCC(=O)N[C@@H]1CCN(Cc2noc(-c3ccccc3)n2)C1. The zero-order valence-corrected chi connectivity index (χ0v) is 17.1. The molecule has 7 nitrogen and oxygen atoms in total. The van der Waals surface area contributed by atoms with Gasteiger partial charge in [-0.15, -0.1) is 0 Å². The van der Waals surface area contributed by atoms with Crippen LogP contribution in [0.5, 0.6) is 5.75 Å². The van der Waals surface area contributed by atoms with E-state index in [1.165, 1.54) is 0 Å². The number of carbonyl (C=O) groups excluding carboxylic acids is 1. The number of likely N-dealkylation sites (tertiary alicyclic amines) is 1. The smallest absolute Gasteiger partial charge is 0.257 e. The number of aromatic nitrogens is 2. The molecule has 0 saturated carbocycles. The van der Waals surface area contributed by atoms with Gasteiger partial charge in [-0.3, -0.25) is 9.69 Å². The summed E-state index contributed by atoms with van der Waals surface area (Å²) in [5, 5.41) is 7.24. The number of aryl methyl sites for hydroxylation is 1. The van der Waals surface area contributed by atoms with Crippen molar-refractivity contribution in [2.75, 3.05) is 20.2 Å². The molecule has 0 unspecified atom stereocenters. The fourth-order valence-corrected chi connectivity index (χ4v) is 3.77. The summed E-state index contributed by atoms with van der Waals surface area (Å²) in [7, 11) is 1.65. The normalized spacial score (nSPS) is 16.5. The lowest BCUT2D eigenvalue weighted by Gasteiger charge is -2.15. The van der Waals surface area contributed by atoms with Gasteiger partial charge in [0.15, 0.2) is 5.82 Å². The summed E-state index contributed by atoms with van der Waals surface area (Å²) in [5.41, 5.74) is 1.97. The van der Waals surface area contributed by atoms with Crippen LogP contribution in [0, 0.1) is 0 Å². The first-order valence-corrected chi connectivity index (χ1v) is 10.2. The molecule has 3 aromatic rings. The minimum absolute atomic E-state index is 0.0682. The van der Waals surface area contributed by atoms with Crippen LogP contribution in [0.2, 0.25) is 0 Å². The Kier molecular flexibility index (Phi) is 6.39. The molecule has 0 aliphatic carbocycles. The highest BCUT2D eigenvalue weighted by Crippen LogP contribution is 2.20. The van der Waals surface area contributed by atoms with E-state index in [9.17, 15) is 4.79 Å². The third kappa shape index (κ3) is 5.04. The number of benzene rings is 2. The number of para-hydroxylation sites is 1. The van der Waals surface area contributed by atoms with Crippen LogP contribution in [0.25, 0.3) is 11.5 Å². The summed E-state index contributed by atoms with van der Waals surface area (Å²) in [6.07, 6.45) is 2.03. The van der Waals surface area contributed by atoms with E-state index in [0.717, 1.165) is 36.4 Å². The number of nitrogens with one attached hydrogen (secondary N) is 1. The van der Waals surface area contributed by atoms with Gasteiger partial charge in [0.2, 0.25) is 5.91 Å². The number of nitrogens with zero attached hydrogens (tertiary/aromatic N) is 3. The van der Waals surface area contributed by atoms with E-state index in [1.807, 2.05) is 54.6 Å². The van der Waals surface area contributed by atoms with Crippen molar-refractivity contribution in [3.05, 3.63) is 66.0 Å². The lowest BCUT2D eigenvalue weighted by Crippen LogP contribution is -2.37. The maximum absolute atomic E-state index is 12.4. The number of carbonyl (C=O) groups is 1. The van der Waals surface area contributed by atoms with Crippen molar-refractivity contribution < 1.29 is 14.1 Å². The van der Waals surface area contributed by atoms with E-state index in [0.29, 0.717) is 31.1 Å². The molecule has 1 fully saturated rings. The highest BCUT2D eigenvalue weighted by Gasteiger charge is 2.25. The molecular weight excluding hydrogens is 380 g/mol. The summed E-state index contributed by atoms with van der Waals surface area (Å²) >= 11 is 0. The van der Waals surface area contributed by atoms with Gasteiger partial charge < -0.3 is 14.6 Å². The predicted molar refractivity (Wildman–Crippen MR) is 113 cm³/mol. The summed E-state index contributed by atoms with van der Waals surface area (Å²) < 4.78 is 10.7. The molecule has 2 aromatic carbocycles. The first-order valence-electron chi connectivity index (χ1n) is 10.2. The van der Waals surface area contributed by atoms with Gasteiger partial charge in [-0.2, -0.15) is 4.98 Å². The lowest BCUT2D eigenvalue weighted by molar-refractivity contribution is -0.121. The van der Waals surface area contributed by atoms with E-state index in [4.69, 9.17) is 9.26 Å². The fraction of sp³-hybridized carbons (Fsp3) is 0.348. The van der Waals surface area contributed by atoms with E-state index in [2.05, 4.69) is 20.4 Å². The van der Waals surface area contributed by atoms with E-state index in [1.54, 1.807) is 7.11 Å². The summed E-state index contributed by atoms with van der Waals surface area (Å²) in [4.78, 5) is 19.1. The molecule has 2 heterocycles. The lowest BCUT2D eigenvalue weighted by atomic mass is 10.1. The number of ether oxygens (including phenoxy) is 1. The van der Waals surface area contributed by atoms with Crippen molar-refractivity contribution in [3.8, 4) is 17.2 Å². The molecule has 0 radical (unpaired) electrons. The Morgan fingerprint density at radius 3 is 2.83 bits per heavy atom. The van der Waals surface area contributed by atoms with Crippen LogP contribution in [-0.2, 0) is 17.8 Å². The van der Waals surface area contributed by atoms with Crippen molar-refractivity contribution in [1.82, 2.24) is 20.4 Å². The molecule has 0 spiro atoms. The number of rotatable bonds is 8. The first-order chi connectivity index (χ1) is 14.7. The second kappa shape index (κ2) is 9.54. The van der Waals surface area contributed by atoms with E-state index < -0.39 is 0 Å². The second-order valence-electron chi connectivity index (χ2n) is 7.48. The topological polar surface area (TPSA) is 80.5 Å². The van der Waals surface area contributed by atoms with Crippen LogP contribution in [0.3, 0.4) is 0 Å². The van der Waals surface area contributed by atoms with Gasteiger partial charge in [0.25, 0.3) is 5.89 Å². The second-order valence-corrected chi connectivity index (χ2v) is 7.48. The average Bonchev–Trinajstić information content (AvgIpc) is 3.43. The van der Waals surface area contributed by atoms with Gasteiger partial charge in [0.1, 0.15) is 5.75 Å². The molecule has 1 aromatic heterocycles. The highest BCUT2D eigenvalue weighted by atomic mass is 16.5. The van der Waals surface area contributed by atoms with Crippen molar-refractivity contribution in [1.29, 1.82) is 0 Å². The minimum Gasteiger partial charge on any atom is -0.496 e. The Morgan fingerprint density at radius 2 is 2.00 bits per heavy atom. The molecule has 1 N–H and O–H groups in total. The largest absolute Gasteiger partial charge is 0.496 e. The van der Waals surface area contributed by atoms with Gasteiger partial charge >= 0.3 is 0 Å². The van der Waals surface area contributed by atoms with Crippen LogP contribution >= 0.6 is 0 Å². The van der Waals surface area contributed by atoms with Gasteiger partial charge in [0.05, 0.1) is 13.7 Å². The van der Waals surface area contributed by atoms with E-state index in [-0.39, 0.29) is 11.9 Å². The molecule has 1 aliphatic heterocycles. The Hall–Kier alpha value is -3.19. The third-order valence-corrected chi connectivity index (χ3v) is 5.31. The summed E-state index contributed by atoms with van der Waals surface area (Å²) in [5.74, 6) is 2.09. The molecule has 156 valence electrons.